The van der Waals surface area contributed by atoms with E-state index >= 15 is 0 Å². The zero-order chi connectivity index (χ0) is 23.4. The van der Waals surface area contributed by atoms with Crippen LogP contribution in [0, 0.1) is 30.6 Å². The summed E-state index contributed by atoms with van der Waals surface area (Å²) in [6, 6.07) is 13.6. The Labute approximate surface area is 198 Å². The molecule has 0 saturated carbocycles. The van der Waals surface area contributed by atoms with Gasteiger partial charge in [0.15, 0.2) is 5.78 Å². The van der Waals surface area contributed by atoms with Gasteiger partial charge < -0.3 is 5.73 Å². The maximum absolute atomic E-state index is 13.6. The average molecular weight is 466 g/mol. The lowest BCUT2D eigenvalue weighted by molar-refractivity contribution is -0.118. The number of anilines is 1. The quantitative estimate of drug-likeness (QED) is 0.545. The van der Waals surface area contributed by atoms with Crippen LogP contribution in [-0.2, 0) is 4.79 Å². The highest BCUT2D eigenvalue weighted by Crippen LogP contribution is 2.51. The third kappa shape index (κ3) is 3.70. The third-order valence-electron chi connectivity index (χ3n) is 6.28. The SMILES string of the molecule is Cc1ccc(C)c(C2C(C#N)=C(N)N(c3ccc(Cl)cc3Cl)C3=C2C(=O)CC(C)(C)C3)c1. The molecule has 6 heteroatoms. The number of halogens is 2. The molecule has 2 aromatic rings. The van der Waals surface area contributed by atoms with Crippen LogP contribution < -0.4 is 10.6 Å². The summed E-state index contributed by atoms with van der Waals surface area (Å²) in [5.74, 6) is -0.162. The molecule has 0 spiro atoms. The summed E-state index contributed by atoms with van der Waals surface area (Å²) in [5.41, 5.74) is 11.9. The van der Waals surface area contributed by atoms with Gasteiger partial charge in [0.05, 0.1) is 28.3 Å². The van der Waals surface area contributed by atoms with Crippen LogP contribution in [0.2, 0.25) is 10.0 Å². The van der Waals surface area contributed by atoms with Crippen molar-refractivity contribution >= 4 is 34.7 Å². The monoisotopic (exact) mass is 465 g/mol. The first-order chi connectivity index (χ1) is 15.0. The zero-order valence-electron chi connectivity index (χ0n) is 18.6. The summed E-state index contributed by atoms with van der Waals surface area (Å²) in [5, 5.41) is 11.1. The highest BCUT2D eigenvalue weighted by atomic mass is 35.5. The molecule has 2 N–H and O–H groups in total. The van der Waals surface area contributed by atoms with Crippen LogP contribution in [0.25, 0.3) is 0 Å². The highest BCUT2D eigenvalue weighted by molar-refractivity contribution is 6.36. The van der Waals surface area contributed by atoms with Gasteiger partial charge in [0.2, 0.25) is 0 Å². The first-order valence-electron chi connectivity index (χ1n) is 10.5. The van der Waals surface area contributed by atoms with Gasteiger partial charge in [0.1, 0.15) is 5.82 Å². The van der Waals surface area contributed by atoms with E-state index in [-0.39, 0.29) is 11.2 Å². The summed E-state index contributed by atoms with van der Waals surface area (Å²) in [6.45, 7) is 8.15. The van der Waals surface area contributed by atoms with Gasteiger partial charge in [-0.05, 0) is 55.0 Å². The topological polar surface area (TPSA) is 70.1 Å². The fourth-order valence-electron chi connectivity index (χ4n) is 4.83. The van der Waals surface area contributed by atoms with E-state index < -0.39 is 5.92 Å². The minimum Gasteiger partial charge on any atom is -0.384 e. The molecule has 0 bridgehead atoms. The lowest BCUT2D eigenvalue weighted by Gasteiger charge is -2.44. The maximum atomic E-state index is 13.6. The third-order valence-corrected chi connectivity index (χ3v) is 6.82. The van der Waals surface area contributed by atoms with Crippen molar-refractivity contribution in [3.8, 4) is 6.07 Å². The van der Waals surface area contributed by atoms with Crippen LogP contribution in [0.3, 0.4) is 0 Å². The van der Waals surface area contributed by atoms with E-state index in [0.29, 0.717) is 45.5 Å². The molecule has 164 valence electrons. The summed E-state index contributed by atoms with van der Waals surface area (Å²) >= 11 is 12.7. The molecule has 1 heterocycles. The second kappa shape index (κ2) is 7.99. The van der Waals surface area contributed by atoms with E-state index in [4.69, 9.17) is 28.9 Å². The minimum absolute atomic E-state index is 0.0393. The molecule has 0 radical (unpaired) electrons. The fraction of sp³-hybridized carbons (Fsp3) is 0.308. The molecule has 4 nitrogen and oxygen atoms in total. The van der Waals surface area contributed by atoms with Gasteiger partial charge in [-0.2, -0.15) is 5.26 Å². The van der Waals surface area contributed by atoms with Crippen molar-refractivity contribution < 1.29 is 4.79 Å². The highest BCUT2D eigenvalue weighted by Gasteiger charge is 2.45. The van der Waals surface area contributed by atoms with Gasteiger partial charge in [-0.25, -0.2) is 0 Å². The second-order valence-electron chi connectivity index (χ2n) is 9.44. The molecule has 32 heavy (non-hydrogen) atoms. The Morgan fingerprint density at radius 1 is 1.12 bits per heavy atom. The van der Waals surface area contributed by atoms with Gasteiger partial charge >= 0.3 is 0 Å². The number of Topliss-reactive ketones (excluding diaryl/α,β-unsaturated/α-hetero) is 1. The second-order valence-corrected chi connectivity index (χ2v) is 10.3. The number of benzene rings is 2. The lowest BCUT2D eigenvalue weighted by atomic mass is 9.68. The Balaban J connectivity index is 2.05. The predicted molar refractivity (Wildman–Crippen MR) is 129 cm³/mol. The maximum Gasteiger partial charge on any atom is 0.162 e. The summed E-state index contributed by atoms with van der Waals surface area (Å²) in [6.07, 6.45) is 1.04. The number of nitriles is 1. The number of carbonyl (C=O) groups excluding carboxylic acids is 1. The molecular weight excluding hydrogens is 441 g/mol. The van der Waals surface area contributed by atoms with Gasteiger partial charge in [-0.1, -0.05) is 60.8 Å². The van der Waals surface area contributed by atoms with Crippen molar-refractivity contribution in [3.05, 3.63) is 85.8 Å². The van der Waals surface area contributed by atoms with E-state index in [2.05, 4.69) is 19.9 Å². The molecular formula is C26H25Cl2N3O. The van der Waals surface area contributed by atoms with Crippen molar-refractivity contribution in [2.24, 2.45) is 11.1 Å². The Kier molecular flexibility index (Phi) is 5.61. The van der Waals surface area contributed by atoms with Crippen molar-refractivity contribution in [2.45, 2.75) is 46.5 Å². The first kappa shape index (κ1) is 22.5. The molecule has 2 aromatic carbocycles. The number of nitrogens with two attached hydrogens (primary N) is 1. The van der Waals surface area contributed by atoms with Crippen LogP contribution >= 0.6 is 23.2 Å². The van der Waals surface area contributed by atoms with Crippen LogP contribution in [0.1, 0.15) is 49.3 Å². The zero-order valence-corrected chi connectivity index (χ0v) is 20.1. The molecule has 0 amide bonds. The number of aryl methyl sites for hydroxylation is 2. The molecule has 1 atom stereocenters. The van der Waals surface area contributed by atoms with Gasteiger partial charge in [-0.3, -0.25) is 9.69 Å². The van der Waals surface area contributed by atoms with Crippen molar-refractivity contribution in [1.82, 2.24) is 0 Å². The van der Waals surface area contributed by atoms with E-state index in [1.807, 2.05) is 32.0 Å². The summed E-state index contributed by atoms with van der Waals surface area (Å²) in [7, 11) is 0. The minimum atomic E-state index is -0.499. The standard InChI is InChI=1S/C26H25Cl2N3O/c1-14-5-6-15(2)17(9-14)23-18(13-29)25(30)31(20-8-7-16(27)10-19(20)28)21-11-26(3,4)12-22(32)24(21)23/h5-10,23H,11-12,30H2,1-4H3. The Morgan fingerprint density at radius 2 is 1.84 bits per heavy atom. The fourth-order valence-corrected chi connectivity index (χ4v) is 5.32. The molecule has 1 aliphatic heterocycles. The summed E-state index contributed by atoms with van der Waals surface area (Å²) < 4.78 is 0. The van der Waals surface area contributed by atoms with Crippen LogP contribution in [0.15, 0.2) is 59.1 Å². The Morgan fingerprint density at radius 3 is 2.50 bits per heavy atom. The number of ketones is 1. The summed E-state index contributed by atoms with van der Waals surface area (Å²) in [4.78, 5) is 15.4. The van der Waals surface area contributed by atoms with Crippen molar-refractivity contribution in [1.29, 1.82) is 5.26 Å². The van der Waals surface area contributed by atoms with Gasteiger partial charge in [0.25, 0.3) is 0 Å². The molecule has 4 rings (SSSR count). The number of carbonyl (C=O) groups is 1. The van der Waals surface area contributed by atoms with Crippen LogP contribution in [0.5, 0.6) is 0 Å². The Bertz CT molecular complexity index is 1250. The number of hydrogen-bond donors (Lipinski definition) is 1. The predicted octanol–water partition coefficient (Wildman–Crippen LogP) is 6.55. The lowest BCUT2D eigenvalue weighted by Crippen LogP contribution is -2.42. The van der Waals surface area contributed by atoms with Crippen LogP contribution in [0.4, 0.5) is 5.69 Å². The van der Waals surface area contributed by atoms with E-state index in [1.54, 1.807) is 23.1 Å². The number of hydrogen-bond acceptors (Lipinski definition) is 4. The molecule has 1 unspecified atom stereocenters. The molecule has 0 aromatic heterocycles. The number of allylic oxidation sites excluding steroid dienone is 3. The largest absolute Gasteiger partial charge is 0.384 e. The smallest absolute Gasteiger partial charge is 0.162 e. The molecule has 1 aliphatic carbocycles. The van der Waals surface area contributed by atoms with Crippen LogP contribution in [-0.4, -0.2) is 5.78 Å². The Hall–Kier alpha value is -2.74. The molecule has 0 fully saturated rings. The number of nitrogens with zero attached hydrogens (tertiary/aromatic N) is 2. The molecule has 2 aliphatic rings. The van der Waals surface area contributed by atoms with E-state index in [9.17, 15) is 10.1 Å². The van der Waals surface area contributed by atoms with Gasteiger partial charge in [0, 0.05) is 22.7 Å². The van der Waals surface area contributed by atoms with Crippen molar-refractivity contribution in [3.63, 3.8) is 0 Å². The average Bonchev–Trinajstić information content (AvgIpc) is 2.69. The van der Waals surface area contributed by atoms with E-state index in [1.165, 1.54) is 0 Å². The normalized spacial score (nSPS) is 20.3. The molecule has 0 saturated heterocycles. The number of rotatable bonds is 2. The van der Waals surface area contributed by atoms with Gasteiger partial charge in [-0.15, -0.1) is 0 Å². The first-order valence-corrected chi connectivity index (χ1v) is 11.3. The van der Waals surface area contributed by atoms with E-state index in [0.717, 1.165) is 22.4 Å². The van der Waals surface area contributed by atoms with Crippen molar-refractivity contribution in [2.75, 3.05) is 4.90 Å².